The number of aryl methyl sites for hydroxylation is 1. The molecule has 7 heterocycles. The van der Waals surface area contributed by atoms with E-state index in [1.807, 2.05) is 58.2 Å². The number of fused-ring (bicyclic) bond motifs is 1. The predicted octanol–water partition coefficient (Wildman–Crippen LogP) is 6.09. The van der Waals surface area contributed by atoms with Crippen molar-refractivity contribution < 1.29 is 18.9 Å². The summed E-state index contributed by atoms with van der Waals surface area (Å²) < 4.78 is 5.20. The average molecular weight is 837 g/mol. The van der Waals surface area contributed by atoms with Crippen LogP contribution in [0.5, 0.6) is 0 Å². The molecule has 6 aromatic rings. The van der Waals surface area contributed by atoms with Crippen molar-refractivity contribution in [1.82, 2.24) is 45.6 Å². The molecule has 16 heteroatoms. The maximum atomic E-state index is 12.7. The Hall–Kier alpha value is -6.68. The number of anilines is 3. The molecule has 0 bridgehead atoms. The largest absolute Gasteiger partial charge is 0.369 e. The van der Waals surface area contributed by atoms with Crippen molar-refractivity contribution in [2.75, 3.05) is 67.1 Å². The van der Waals surface area contributed by atoms with Gasteiger partial charge in [-0.05, 0) is 85.3 Å². The van der Waals surface area contributed by atoms with Crippen LogP contribution in [0.15, 0.2) is 77.7 Å². The zero-order chi connectivity index (χ0) is 43.0. The Kier molecular flexibility index (Phi) is 11.2. The van der Waals surface area contributed by atoms with Crippen LogP contribution in [0.2, 0.25) is 0 Å². The number of piperidine rings is 1. The zero-order valence-electron chi connectivity index (χ0n) is 35.6. The number of urea groups is 1. The molecule has 4 amide bonds. The maximum absolute atomic E-state index is 12.7. The highest BCUT2D eigenvalue weighted by Crippen LogP contribution is 2.32. The maximum Gasteiger partial charge on any atom is 0.328 e. The summed E-state index contributed by atoms with van der Waals surface area (Å²) in [6.45, 7) is 15.7. The molecule has 0 unspecified atom stereocenters. The number of aromatic nitrogens is 6. The number of carbonyl (C=O) groups excluding carboxylic acids is 3. The molecule has 3 N–H and O–H groups in total. The Morgan fingerprint density at radius 3 is 2.31 bits per heavy atom. The molecule has 320 valence electrons. The van der Waals surface area contributed by atoms with Crippen LogP contribution in [0.1, 0.15) is 67.7 Å². The van der Waals surface area contributed by atoms with Gasteiger partial charge in [-0.25, -0.2) is 19.7 Å². The number of nitrogens with zero attached hydrogens (tertiary/aromatic N) is 9. The molecular weight excluding hydrogens is 785 g/mol. The third-order valence-electron chi connectivity index (χ3n) is 12.2. The van der Waals surface area contributed by atoms with Gasteiger partial charge in [-0.3, -0.25) is 24.7 Å². The molecule has 16 nitrogen and oxygen atoms in total. The van der Waals surface area contributed by atoms with Crippen LogP contribution in [0.4, 0.5) is 22.0 Å². The minimum atomic E-state index is -0.408. The fourth-order valence-electron chi connectivity index (χ4n) is 8.52. The Balaban J connectivity index is 0.759. The summed E-state index contributed by atoms with van der Waals surface area (Å²) in [5.74, 6) is 1.47. The van der Waals surface area contributed by atoms with Crippen molar-refractivity contribution in [3.8, 4) is 22.5 Å². The summed E-state index contributed by atoms with van der Waals surface area (Å²) in [5.41, 5.74) is 8.07. The minimum Gasteiger partial charge on any atom is -0.369 e. The van der Waals surface area contributed by atoms with Crippen molar-refractivity contribution in [1.29, 1.82) is 0 Å². The van der Waals surface area contributed by atoms with Crippen LogP contribution in [-0.4, -0.2) is 105 Å². The van der Waals surface area contributed by atoms with Crippen molar-refractivity contribution in [3.63, 3.8) is 0 Å². The molecule has 9 rings (SSSR count). The lowest BCUT2D eigenvalue weighted by Crippen LogP contribution is -2.49. The Labute approximate surface area is 360 Å². The second-order valence-electron chi connectivity index (χ2n) is 17.6. The number of rotatable bonds is 10. The van der Waals surface area contributed by atoms with E-state index in [-0.39, 0.29) is 23.2 Å². The van der Waals surface area contributed by atoms with Gasteiger partial charge in [-0.1, -0.05) is 38.1 Å². The first kappa shape index (κ1) is 40.7. The monoisotopic (exact) mass is 836 g/mol. The number of pyridine rings is 1. The van der Waals surface area contributed by atoms with Gasteiger partial charge in [0.25, 0.3) is 0 Å². The number of H-pyrrole nitrogens is 1. The molecule has 0 aliphatic carbocycles. The first-order valence-electron chi connectivity index (χ1n) is 21.4. The first-order chi connectivity index (χ1) is 29.9. The third kappa shape index (κ3) is 8.73. The molecule has 3 aliphatic rings. The van der Waals surface area contributed by atoms with Crippen LogP contribution in [0.3, 0.4) is 0 Å². The summed E-state index contributed by atoms with van der Waals surface area (Å²) in [6, 6.07) is 20.2. The highest BCUT2D eigenvalue weighted by atomic mass is 16.5. The topological polar surface area (TPSA) is 182 Å². The predicted molar refractivity (Wildman–Crippen MR) is 237 cm³/mol. The third-order valence-corrected chi connectivity index (χ3v) is 12.2. The Morgan fingerprint density at radius 1 is 0.855 bits per heavy atom. The lowest BCUT2D eigenvalue weighted by molar-refractivity contribution is -0.120. The normalized spacial score (nSPS) is 16.9. The molecule has 0 saturated carbocycles. The standard InChI is InChI=1S/C46H52N12O4/c1-29-23-31(5-6-32(29)25-48-42(60)43-53-44(54-62-43)46(2,3)4)40-36-24-37(51-41(36)50-28-49-40)33-7-12-38(47-26-33)57-16-13-30(14-17-57)27-55-19-21-56(22-20-55)34-8-10-35(11-9-34)58-18-15-39(59)52-45(58)61/h5-12,23-24,26,28,30H,13-22,25,27H2,1-4H3,(H,48,60)(H,49,50,51)(H,52,59,61). The molecule has 0 radical (unpaired) electrons. The van der Waals surface area contributed by atoms with Crippen LogP contribution >= 0.6 is 0 Å². The van der Waals surface area contributed by atoms with Crippen LogP contribution in [0, 0.1) is 12.8 Å². The van der Waals surface area contributed by atoms with E-state index in [0.717, 1.165) is 121 Å². The number of hydrogen-bond acceptors (Lipinski definition) is 12. The Morgan fingerprint density at radius 2 is 1.61 bits per heavy atom. The number of aromatic amines is 1. The van der Waals surface area contributed by atoms with Gasteiger partial charge in [-0.15, -0.1) is 0 Å². The minimum absolute atomic E-state index is 0.0467. The zero-order valence-corrected chi connectivity index (χ0v) is 35.6. The van der Waals surface area contributed by atoms with E-state index >= 15 is 0 Å². The van der Waals surface area contributed by atoms with Gasteiger partial charge >= 0.3 is 17.8 Å². The molecule has 3 saturated heterocycles. The second-order valence-corrected chi connectivity index (χ2v) is 17.6. The smallest absolute Gasteiger partial charge is 0.328 e. The summed E-state index contributed by atoms with van der Waals surface area (Å²) in [7, 11) is 0. The summed E-state index contributed by atoms with van der Waals surface area (Å²) in [6.07, 6.45) is 6.11. The van der Waals surface area contributed by atoms with Gasteiger partial charge in [0, 0.05) is 111 Å². The highest BCUT2D eigenvalue weighted by molar-refractivity contribution is 6.05. The summed E-state index contributed by atoms with van der Waals surface area (Å²) >= 11 is 0. The van der Waals surface area contributed by atoms with Crippen molar-refractivity contribution >= 4 is 46.1 Å². The number of piperazine rings is 1. The van der Waals surface area contributed by atoms with Gasteiger partial charge < -0.3 is 24.6 Å². The lowest BCUT2D eigenvalue weighted by Gasteiger charge is -2.40. The van der Waals surface area contributed by atoms with Crippen molar-refractivity contribution in [2.24, 2.45) is 5.92 Å². The van der Waals surface area contributed by atoms with E-state index in [9.17, 15) is 14.4 Å². The molecule has 0 atom stereocenters. The van der Waals surface area contributed by atoms with Crippen LogP contribution in [0.25, 0.3) is 33.5 Å². The van der Waals surface area contributed by atoms with Gasteiger partial charge in [0.2, 0.25) is 5.91 Å². The lowest BCUT2D eigenvalue weighted by atomic mass is 9.96. The van der Waals surface area contributed by atoms with Crippen molar-refractivity contribution in [2.45, 2.75) is 58.9 Å². The van der Waals surface area contributed by atoms with Gasteiger partial charge in [0.15, 0.2) is 5.82 Å². The number of nitrogens with one attached hydrogen (secondary N) is 3. The molecule has 3 aliphatic heterocycles. The molecule has 2 aromatic carbocycles. The van der Waals surface area contributed by atoms with E-state index in [2.05, 4.69) is 86.8 Å². The van der Waals surface area contributed by atoms with Gasteiger partial charge in [0.1, 0.15) is 17.8 Å². The van der Waals surface area contributed by atoms with E-state index < -0.39 is 5.91 Å². The van der Waals surface area contributed by atoms with Crippen LogP contribution in [-0.2, 0) is 16.8 Å². The number of benzene rings is 2. The first-order valence-corrected chi connectivity index (χ1v) is 21.4. The molecule has 62 heavy (non-hydrogen) atoms. The molecule has 3 fully saturated rings. The van der Waals surface area contributed by atoms with Gasteiger partial charge in [-0.2, -0.15) is 4.98 Å². The van der Waals surface area contributed by atoms with E-state index in [1.165, 1.54) is 0 Å². The van der Waals surface area contributed by atoms with E-state index in [0.29, 0.717) is 31.3 Å². The average Bonchev–Trinajstić information content (AvgIpc) is 3.96. The van der Waals surface area contributed by atoms with Crippen molar-refractivity contribution in [3.05, 3.63) is 96.0 Å². The van der Waals surface area contributed by atoms with E-state index in [4.69, 9.17) is 9.51 Å². The Bertz CT molecular complexity index is 2580. The number of imide groups is 1. The van der Waals surface area contributed by atoms with Gasteiger partial charge in [0.05, 0.1) is 5.69 Å². The molecular formula is C46H52N12O4. The van der Waals surface area contributed by atoms with Crippen LogP contribution < -0.4 is 25.3 Å². The fraction of sp³-hybridized carbons (Fsp3) is 0.391. The number of carbonyl (C=O) groups is 3. The van der Waals surface area contributed by atoms with E-state index in [1.54, 1.807) is 11.2 Å². The molecule has 0 spiro atoms. The highest BCUT2D eigenvalue weighted by Gasteiger charge is 2.27. The summed E-state index contributed by atoms with van der Waals surface area (Å²) in [5, 5.41) is 10.2. The molecule has 4 aromatic heterocycles. The number of hydrogen-bond donors (Lipinski definition) is 3. The quantitative estimate of drug-likeness (QED) is 0.145. The fourth-order valence-corrected chi connectivity index (χ4v) is 8.52. The SMILES string of the molecule is Cc1cc(-c2ncnc3[nH]c(-c4ccc(N5CCC(CN6CCN(c7ccc(N8CCC(=O)NC8=O)cc7)CC6)CC5)nc4)cc23)ccc1CNC(=O)c1nc(C(C)(C)C)no1. The second kappa shape index (κ2) is 17.0. The number of amides is 4. The summed E-state index contributed by atoms with van der Waals surface area (Å²) in [4.78, 5) is 67.4.